The molecule has 0 unspecified atom stereocenters. The molecule has 0 radical (unpaired) electrons. The van der Waals surface area contributed by atoms with Crippen LogP contribution in [0.15, 0.2) is 24.3 Å². The third-order valence-corrected chi connectivity index (χ3v) is 3.28. The second-order valence-corrected chi connectivity index (χ2v) is 4.38. The monoisotopic (exact) mass is 201 g/mol. The first-order valence-electron chi connectivity index (χ1n) is 5.50. The third kappa shape index (κ3) is 1.43. The number of nitrogens with zero attached hydrogens (tertiary/aromatic N) is 1. The van der Waals surface area contributed by atoms with Crippen LogP contribution in [0.5, 0.6) is 0 Å². The molecule has 1 aliphatic rings. The van der Waals surface area contributed by atoms with Gasteiger partial charge in [-0.15, -0.1) is 0 Å². The molecule has 1 fully saturated rings. The van der Waals surface area contributed by atoms with E-state index >= 15 is 0 Å². The Balaban J connectivity index is 2.04. The van der Waals surface area contributed by atoms with Crippen LogP contribution in [0.25, 0.3) is 11.0 Å². The van der Waals surface area contributed by atoms with E-state index in [0.29, 0.717) is 11.8 Å². The van der Waals surface area contributed by atoms with Crippen LogP contribution in [-0.4, -0.2) is 23.1 Å². The molecular weight excluding hydrogens is 186 g/mol. The number of para-hydroxylation sites is 2. The summed E-state index contributed by atoms with van der Waals surface area (Å²) in [5.41, 5.74) is 2.22. The van der Waals surface area contributed by atoms with Crippen molar-refractivity contribution in [3.8, 4) is 0 Å². The number of aromatic nitrogens is 2. The highest BCUT2D eigenvalue weighted by atomic mass is 15.0. The van der Waals surface area contributed by atoms with Crippen molar-refractivity contribution in [2.24, 2.45) is 5.92 Å². The van der Waals surface area contributed by atoms with Crippen molar-refractivity contribution in [2.45, 2.75) is 12.8 Å². The van der Waals surface area contributed by atoms with Gasteiger partial charge >= 0.3 is 0 Å². The summed E-state index contributed by atoms with van der Waals surface area (Å²) in [6.07, 6.45) is 0. The van der Waals surface area contributed by atoms with Crippen molar-refractivity contribution >= 4 is 11.0 Å². The zero-order chi connectivity index (χ0) is 10.3. The predicted octanol–water partition coefficient (Wildman–Crippen LogP) is 1.89. The average Bonchev–Trinajstić information content (AvgIpc) is 2.82. The SMILES string of the molecule is C[C@@H]1CNC[C@H]1c1nc2ccccc2[nH]1. The second-order valence-electron chi connectivity index (χ2n) is 4.38. The van der Waals surface area contributed by atoms with Crippen LogP contribution >= 0.6 is 0 Å². The Labute approximate surface area is 88.9 Å². The van der Waals surface area contributed by atoms with E-state index in [0.717, 1.165) is 29.9 Å². The second kappa shape index (κ2) is 3.35. The maximum absolute atomic E-state index is 4.65. The normalized spacial score (nSPS) is 26.2. The van der Waals surface area contributed by atoms with Gasteiger partial charge in [0.25, 0.3) is 0 Å². The van der Waals surface area contributed by atoms with Crippen molar-refractivity contribution in [3.05, 3.63) is 30.1 Å². The lowest BCUT2D eigenvalue weighted by Crippen LogP contribution is -2.09. The molecule has 2 aromatic rings. The van der Waals surface area contributed by atoms with Gasteiger partial charge in [-0.05, 0) is 24.6 Å². The first-order chi connectivity index (χ1) is 7.34. The Morgan fingerprint density at radius 1 is 1.27 bits per heavy atom. The standard InChI is InChI=1S/C12H15N3/c1-8-6-13-7-9(8)12-14-10-4-2-3-5-11(10)15-12/h2-5,8-9,13H,6-7H2,1H3,(H,14,15)/t8-,9-/m1/s1. The Bertz CT molecular complexity index is 441. The minimum atomic E-state index is 0.539. The molecule has 1 aromatic carbocycles. The number of hydrogen-bond donors (Lipinski definition) is 2. The quantitative estimate of drug-likeness (QED) is 0.739. The molecule has 1 aliphatic heterocycles. The van der Waals surface area contributed by atoms with Crippen LogP contribution in [0.2, 0.25) is 0 Å². The molecule has 2 atom stereocenters. The van der Waals surface area contributed by atoms with Gasteiger partial charge in [0, 0.05) is 12.5 Å². The van der Waals surface area contributed by atoms with Crippen LogP contribution in [-0.2, 0) is 0 Å². The Morgan fingerprint density at radius 2 is 2.13 bits per heavy atom. The molecule has 15 heavy (non-hydrogen) atoms. The Kier molecular flexibility index (Phi) is 1.99. The summed E-state index contributed by atoms with van der Waals surface area (Å²) < 4.78 is 0. The number of hydrogen-bond acceptors (Lipinski definition) is 2. The highest BCUT2D eigenvalue weighted by molar-refractivity contribution is 5.74. The predicted molar refractivity (Wildman–Crippen MR) is 60.9 cm³/mol. The van der Waals surface area contributed by atoms with Gasteiger partial charge in [0.15, 0.2) is 0 Å². The van der Waals surface area contributed by atoms with E-state index < -0.39 is 0 Å². The molecule has 3 nitrogen and oxygen atoms in total. The van der Waals surface area contributed by atoms with Crippen LogP contribution in [0, 0.1) is 5.92 Å². The summed E-state index contributed by atoms with van der Waals surface area (Å²) >= 11 is 0. The molecule has 1 aromatic heterocycles. The van der Waals surface area contributed by atoms with E-state index in [-0.39, 0.29) is 0 Å². The molecule has 0 aliphatic carbocycles. The fourth-order valence-corrected chi connectivity index (χ4v) is 2.32. The number of imidazole rings is 1. The van der Waals surface area contributed by atoms with Gasteiger partial charge in [0.1, 0.15) is 5.82 Å². The highest BCUT2D eigenvalue weighted by Crippen LogP contribution is 2.26. The molecular formula is C12H15N3. The molecule has 0 bridgehead atoms. The zero-order valence-corrected chi connectivity index (χ0v) is 8.83. The van der Waals surface area contributed by atoms with Crippen LogP contribution in [0.3, 0.4) is 0 Å². The van der Waals surface area contributed by atoms with Gasteiger partial charge in [-0.1, -0.05) is 19.1 Å². The zero-order valence-electron chi connectivity index (χ0n) is 8.83. The number of nitrogens with one attached hydrogen (secondary N) is 2. The minimum Gasteiger partial charge on any atom is -0.342 e. The average molecular weight is 201 g/mol. The lowest BCUT2D eigenvalue weighted by molar-refractivity contribution is 0.551. The molecule has 3 heteroatoms. The Morgan fingerprint density at radius 3 is 2.87 bits per heavy atom. The smallest absolute Gasteiger partial charge is 0.111 e. The maximum Gasteiger partial charge on any atom is 0.111 e. The number of fused-ring (bicyclic) bond motifs is 1. The minimum absolute atomic E-state index is 0.539. The summed E-state index contributed by atoms with van der Waals surface area (Å²) in [6.45, 7) is 4.42. The number of rotatable bonds is 1. The molecule has 0 saturated carbocycles. The van der Waals surface area contributed by atoms with Gasteiger partial charge in [0.2, 0.25) is 0 Å². The van der Waals surface area contributed by atoms with E-state index in [1.54, 1.807) is 0 Å². The van der Waals surface area contributed by atoms with Gasteiger partial charge in [0.05, 0.1) is 11.0 Å². The molecule has 2 N–H and O–H groups in total. The summed E-state index contributed by atoms with van der Waals surface area (Å²) in [4.78, 5) is 8.07. The molecule has 1 saturated heterocycles. The Hall–Kier alpha value is -1.35. The number of aromatic amines is 1. The van der Waals surface area contributed by atoms with Crippen LogP contribution < -0.4 is 5.32 Å². The van der Waals surface area contributed by atoms with E-state index in [9.17, 15) is 0 Å². The summed E-state index contributed by atoms with van der Waals surface area (Å²) in [5.74, 6) is 2.34. The lowest BCUT2D eigenvalue weighted by atomic mass is 9.98. The van der Waals surface area contributed by atoms with E-state index in [1.807, 2.05) is 12.1 Å². The topological polar surface area (TPSA) is 40.7 Å². The summed E-state index contributed by atoms with van der Waals surface area (Å²) in [6, 6.07) is 8.21. The summed E-state index contributed by atoms with van der Waals surface area (Å²) in [7, 11) is 0. The third-order valence-electron chi connectivity index (χ3n) is 3.28. The first kappa shape index (κ1) is 8.92. The first-order valence-corrected chi connectivity index (χ1v) is 5.50. The number of benzene rings is 1. The molecule has 3 rings (SSSR count). The van der Waals surface area contributed by atoms with Crippen molar-refractivity contribution in [3.63, 3.8) is 0 Å². The highest BCUT2D eigenvalue weighted by Gasteiger charge is 2.26. The van der Waals surface area contributed by atoms with Crippen molar-refractivity contribution in [1.82, 2.24) is 15.3 Å². The van der Waals surface area contributed by atoms with Gasteiger partial charge in [-0.25, -0.2) is 4.98 Å². The van der Waals surface area contributed by atoms with Crippen LogP contribution in [0.4, 0.5) is 0 Å². The maximum atomic E-state index is 4.65. The molecule has 0 amide bonds. The number of H-pyrrole nitrogens is 1. The van der Waals surface area contributed by atoms with Gasteiger partial charge in [-0.3, -0.25) is 0 Å². The molecule has 0 spiro atoms. The fraction of sp³-hybridized carbons (Fsp3) is 0.417. The lowest BCUT2D eigenvalue weighted by Gasteiger charge is -2.09. The van der Waals surface area contributed by atoms with Gasteiger partial charge in [-0.2, -0.15) is 0 Å². The van der Waals surface area contributed by atoms with Gasteiger partial charge < -0.3 is 10.3 Å². The van der Waals surface area contributed by atoms with Crippen molar-refractivity contribution < 1.29 is 0 Å². The molecule has 78 valence electrons. The van der Waals surface area contributed by atoms with E-state index in [1.165, 1.54) is 0 Å². The fourth-order valence-electron chi connectivity index (χ4n) is 2.32. The summed E-state index contributed by atoms with van der Waals surface area (Å²) in [5, 5.41) is 3.40. The van der Waals surface area contributed by atoms with E-state index in [2.05, 4.69) is 34.3 Å². The van der Waals surface area contributed by atoms with Crippen molar-refractivity contribution in [2.75, 3.05) is 13.1 Å². The largest absolute Gasteiger partial charge is 0.342 e. The van der Waals surface area contributed by atoms with E-state index in [4.69, 9.17) is 0 Å². The van der Waals surface area contributed by atoms with Crippen LogP contribution in [0.1, 0.15) is 18.7 Å². The molecule has 2 heterocycles. The van der Waals surface area contributed by atoms with Crippen molar-refractivity contribution in [1.29, 1.82) is 0 Å².